The molecule has 23 heavy (non-hydrogen) atoms. The number of thiazole rings is 1. The van der Waals surface area contributed by atoms with Gasteiger partial charge >= 0.3 is 0 Å². The molecular formula is C16H26N4O2S. The summed E-state index contributed by atoms with van der Waals surface area (Å²) in [7, 11) is 0. The second kappa shape index (κ2) is 7.40. The van der Waals surface area contributed by atoms with Gasteiger partial charge in [-0.1, -0.05) is 0 Å². The first-order valence-electron chi connectivity index (χ1n) is 8.14. The molecule has 6 nitrogen and oxygen atoms in total. The van der Waals surface area contributed by atoms with Crippen molar-refractivity contribution in [3.63, 3.8) is 0 Å². The average molecular weight is 338 g/mol. The fraction of sp³-hybridized carbons (Fsp3) is 0.688. The van der Waals surface area contributed by atoms with Crippen LogP contribution in [0.3, 0.4) is 0 Å². The number of nitrogens with zero attached hydrogens (tertiary/aromatic N) is 3. The third kappa shape index (κ3) is 3.90. The van der Waals surface area contributed by atoms with Crippen molar-refractivity contribution < 1.29 is 9.59 Å². The van der Waals surface area contributed by atoms with E-state index in [9.17, 15) is 9.59 Å². The molecule has 0 aliphatic carbocycles. The van der Waals surface area contributed by atoms with E-state index in [1.54, 1.807) is 21.1 Å². The standard InChI is InChI=1S/C16H26N4O2S/c1-5-19(6-2)16(22)14-7-12(17)9-20(14)15(21)8-13-10(3)23-11(4)18-13/h12,14H,5-9,17H2,1-4H3/t12-,14-/m0/s1. The molecule has 128 valence electrons. The lowest BCUT2D eigenvalue weighted by molar-refractivity contribution is -0.143. The highest BCUT2D eigenvalue weighted by Gasteiger charge is 2.39. The van der Waals surface area contributed by atoms with Crippen LogP contribution in [0.4, 0.5) is 0 Å². The van der Waals surface area contributed by atoms with Gasteiger partial charge in [-0.3, -0.25) is 9.59 Å². The number of nitrogens with two attached hydrogens (primary N) is 1. The van der Waals surface area contributed by atoms with Crippen molar-refractivity contribution >= 4 is 23.2 Å². The van der Waals surface area contributed by atoms with E-state index in [2.05, 4.69) is 4.98 Å². The Balaban J connectivity index is 2.13. The number of aromatic nitrogens is 1. The first-order valence-corrected chi connectivity index (χ1v) is 8.95. The van der Waals surface area contributed by atoms with Crippen LogP contribution in [0, 0.1) is 13.8 Å². The molecule has 1 aliphatic heterocycles. The van der Waals surface area contributed by atoms with E-state index in [1.807, 2.05) is 27.7 Å². The number of aryl methyl sites for hydroxylation is 2. The van der Waals surface area contributed by atoms with Gasteiger partial charge in [-0.15, -0.1) is 11.3 Å². The normalized spacial score (nSPS) is 20.8. The van der Waals surface area contributed by atoms with Gasteiger partial charge in [0, 0.05) is 30.6 Å². The number of amides is 2. The molecule has 1 saturated heterocycles. The Kier molecular flexibility index (Phi) is 5.75. The molecule has 0 bridgehead atoms. The van der Waals surface area contributed by atoms with E-state index in [0.717, 1.165) is 15.6 Å². The van der Waals surface area contributed by atoms with Crippen LogP contribution >= 0.6 is 11.3 Å². The van der Waals surface area contributed by atoms with Crippen molar-refractivity contribution in [1.29, 1.82) is 0 Å². The molecule has 1 aromatic rings. The summed E-state index contributed by atoms with van der Waals surface area (Å²) in [6, 6.07) is -0.570. The minimum atomic E-state index is -0.433. The molecule has 0 aromatic carbocycles. The summed E-state index contributed by atoms with van der Waals surface area (Å²) in [6.07, 6.45) is 0.779. The monoisotopic (exact) mass is 338 g/mol. The van der Waals surface area contributed by atoms with Crippen LogP contribution in [0.1, 0.15) is 35.8 Å². The Morgan fingerprint density at radius 2 is 2.00 bits per heavy atom. The molecule has 0 radical (unpaired) electrons. The highest BCUT2D eigenvalue weighted by Crippen LogP contribution is 2.22. The fourth-order valence-corrected chi connectivity index (χ4v) is 3.94. The Morgan fingerprint density at radius 3 is 2.52 bits per heavy atom. The molecule has 0 saturated carbocycles. The van der Waals surface area contributed by atoms with Crippen LogP contribution < -0.4 is 5.73 Å². The lowest BCUT2D eigenvalue weighted by atomic mass is 10.1. The summed E-state index contributed by atoms with van der Waals surface area (Å²) < 4.78 is 0. The van der Waals surface area contributed by atoms with E-state index < -0.39 is 6.04 Å². The van der Waals surface area contributed by atoms with Gasteiger partial charge in [0.05, 0.1) is 17.1 Å². The summed E-state index contributed by atoms with van der Waals surface area (Å²) in [5.41, 5.74) is 6.84. The summed E-state index contributed by atoms with van der Waals surface area (Å²) in [6.45, 7) is 9.54. The number of hydrogen-bond donors (Lipinski definition) is 1. The van der Waals surface area contributed by atoms with Crippen LogP contribution in [-0.4, -0.2) is 58.3 Å². The maximum Gasteiger partial charge on any atom is 0.245 e. The summed E-state index contributed by atoms with van der Waals surface area (Å²) in [4.78, 5) is 34.3. The van der Waals surface area contributed by atoms with Gasteiger partial charge in [0.25, 0.3) is 0 Å². The average Bonchev–Trinajstić information content (AvgIpc) is 3.03. The Labute approximate surface area is 141 Å². The molecule has 1 aromatic heterocycles. The molecule has 2 N–H and O–H groups in total. The van der Waals surface area contributed by atoms with Crippen molar-refractivity contribution in [2.24, 2.45) is 5.73 Å². The van der Waals surface area contributed by atoms with E-state index in [0.29, 0.717) is 26.1 Å². The largest absolute Gasteiger partial charge is 0.341 e. The van der Waals surface area contributed by atoms with Crippen molar-refractivity contribution in [2.75, 3.05) is 19.6 Å². The highest BCUT2D eigenvalue weighted by molar-refractivity contribution is 7.11. The van der Waals surface area contributed by atoms with Gasteiger partial charge in [-0.05, 0) is 34.1 Å². The Bertz CT molecular complexity index is 583. The number of likely N-dealkylation sites (N-methyl/N-ethyl adjacent to an activating group) is 1. The number of carbonyl (C=O) groups is 2. The zero-order chi connectivity index (χ0) is 17.1. The van der Waals surface area contributed by atoms with Crippen molar-refractivity contribution in [3.05, 3.63) is 15.6 Å². The van der Waals surface area contributed by atoms with Gasteiger partial charge in [-0.2, -0.15) is 0 Å². The molecule has 2 rings (SSSR count). The number of carbonyl (C=O) groups excluding carboxylic acids is 2. The SMILES string of the molecule is CCN(CC)C(=O)[C@@H]1C[C@H](N)CN1C(=O)Cc1nc(C)sc1C. The summed E-state index contributed by atoms with van der Waals surface area (Å²) in [5, 5.41) is 0.958. The maximum absolute atomic E-state index is 12.7. The van der Waals surface area contributed by atoms with Gasteiger partial charge in [0.15, 0.2) is 0 Å². The molecule has 7 heteroatoms. The smallest absolute Gasteiger partial charge is 0.245 e. The molecule has 0 unspecified atom stereocenters. The van der Waals surface area contributed by atoms with Crippen LogP contribution in [0.25, 0.3) is 0 Å². The van der Waals surface area contributed by atoms with Gasteiger partial charge < -0.3 is 15.5 Å². The molecule has 1 aliphatic rings. The third-order valence-corrected chi connectivity index (χ3v) is 5.26. The zero-order valence-electron chi connectivity index (χ0n) is 14.3. The van der Waals surface area contributed by atoms with E-state index in [1.165, 1.54) is 0 Å². The van der Waals surface area contributed by atoms with Crippen LogP contribution in [0.5, 0.6) is 0 Å². The molecule has 2 atom stereocenters. The third-order valence-electron chi connectivity index (χ3n) is 4.33. The quantitative estimate of drug-likeness (QED) is 0.872. The second-order valence-corrected chi connectivity index (χ2v) is 7.39. The molecule has 2 amide bonds. The Morgan fingerprint density at radius 1 is 1.35 bits per heavy atom. The van der Waals surface area contributed by atoms with Crippen LogP contribution in [0.15, 0.2) is 0 Å². The second-order valence-electron chi connectivity index (χ2n) is 5.98. The molecule has 2 heterocycles. The lowest BCUT2D eigenvalue weighted by Gasteiger charge is -2.28. The highest BCUT2D eigenvalue weighted by atomic mass is 32.1. The lowest BCUT2D eigenvalue weighted by Crippen LogP contribution is -2.48. The summed E-state index contributed by atoms with van der Waals surface area (Å²) in [5.74, 6) is -0.0562. The van der Waals surface area contributed by atoms with Crippen molar-refractivity contribution in [1.82, 2.24) is 14.8 Å². The first-order chi connectivity index (χ1) is 10.9. The predicted molar refractivity (Wildman–Crippen MR) is 91.3 cm³/mol. The topological polar surface area (TPSA) is 79.5 Å². The van der Waals surface area contributed by atoms with Gasteiger partial charge in [0.2, 0.25) is 11.8 Å². The number of rotatable bonds is 5. The molecular weight excluding hydrogens is 312 g/mol. The predicted octanol–water partition coefficient (Wildman–Crippen LogP) is 1.10. The summed E-state index contributed by atoms with van der Waals surface area (Å²) >= 11 is 1.59. The van der Waals surface area contributed by atoms with Gasteiger partial charge in [0.1, 0.15) is 6.04 Å². The minimum absolute atomic E-state index is 0.00230. The van der Waals surface area contributed by atoms with Crippen LogP contribution in [0.2, 0.25) is 0 Å². The Hall–Kier alpha value is -1.47. The van der Waals surface area contributed by atoms with E-state index in [4.69, 9.17) is 5.73 Å². The minimum Gasteiger partial charge on any atom is -0.341 e. The van der Waals surface area contributed by atoms with E-state index >= 15 is 0 Å². The van der Waals surface area contributed by atoms with Crippen molar-refractivity contribution in [2.45, 2.75) is 52.6 Å². The fourth-order valence-electron chi connectivity index (χ4n) is 3.11. The molecule has 0 spiro atoms. The van der Waals surface area contributed by atoms with E-state index in [-0.39, 0.29) is 24.3 Å². The number of likely N-dealkylation sites (tertiary alicyclic amines) is 1. The number of hydrogen-bond acceptors (Lipinski definition) is 5. The maximum atomic E-state index is 12.7. The van der Waals surface area contributed by atoms with Crippen molar-refractivity contribution in [3.8, 4) is 0 Å². The zero-order valence-corrected chi connectivity index (χ0v) is 15.2. The van der Waals surface area contributed by atoms with Crippen LogP contribution in [-0.2, 0) is 16.0 Å². The molecule has 1 fully saturated rings. The first kappa shape index (κ1) is 17.9. The van der Waals surface area contributed by atoms with Gasteiger partial charge in [-0.25, -0.2) is 4.98 Å².